The summed E-state index contributed by atoms with van der Waals surface area (Å²) in [6.45, 7) is 6.25. The maximum absolute atomic E-state index is 12.6. The summed E-state index contributed by atoms with van der Waals surface area (Å²) >= 11 is 0. The van der Waals surface area contributed by atoms with E-state index in [0.29, 0.717) is 33.1 Å². The number of rotatable bonds is 3. The lowest BCUT2D eigenvalue weighted by molar-refractivity contribution is -0.138. The van der Waals surface area contributed by atoms with Gasteiger partial charge in [-0.05, 0) is 17.7 Å². The Balaban J connectivity index is 0.00000182. The van der Waals surface area contributed by atoms with E-state index < -0.39 is 0 Å². The highest BCUT2D eigenvalue weighted by Gasteiger charge is 2.30. The van der Waals surface area contributed by atoms with Crippen LogP contribution in [-0.4, -0.2) is 74.5 Å². The predicted octanol–water partition coefficient (Wildman–Crippen LogP) is 0.470. The summed E-state index contributed by atoms with van der Waals surface area (Å²) in [5.41, 5.74) is 1.18. The highest BCUT2D eigenvalue weighted by Crippen LogP contribution is 2.32. The summed E-state index contributed by atoms with van der Waals surface area (Å²) in [6, 6.07) is 5.92. The lowest BCUT2D eigenvalue weighted by atomic mass is 10.1. The van der Waals surface area contributed by atoms with Crippen molar-refractivity contribution >= 4 is 18.3 Å². The third-order valence-corrected chi connectivity index (χ3v) is 4.72. The number of piperazine rings is 1. The van der Waals surface area contributed by atoms with Gasteiger partial charge in [0.25, 0.3) is 0 Å². The SMILES string of the molecule is Cl.O=C(C1CN(Cc2ccc3c(c2)OCO3)CCN1)N1CCOCC1. The van der Waals surface area contributed by atoms with Gasteiger partial charge in [0, 0.05) is 39.3 Å². The number of carbonyl (C=O) groups is 1. The molecule has 1 aromatic carbocycles. The van der Waals surface area contributed by atoms with E-state index in [1.807, 2.05) is 17.0 Å². The number of hydrogen-bond donors (Lipinski definition) is 1. The number of morpholine rings is 1. The Morgan fingerprint density at radius 1 is 1.16 bits per heavy atom. The molecule has 1 N–H and O–H groups in total. The lowest BCUT2D eigenvalue weighted by Crippen LogP contribution is -2.58. The van der Waals surface area contributed by atoms with Gasteiger partial charge in [-0.2, -0.15) is 0 Å². The van der Waals surface area contributed by atoms with Crippen LogP contribution in [0.1, 0.15) is 5.56 Å². The van der Waals surface area contributed by atoms with E-state index in [1.165, 1.54) is 5.56 Å². The number of carbonyl (C=O) groups excluding carboxylic acids is 1. The quantitative estimate of drug-likeness (QED) is 0.835. The van der Waals surface area contributed by atoms with Gasteiger partial charge in [0.2, 0.25) is 12.7 Å². The molecule has 2 fully saturated rings. The molecule has 0 radical (unpaired) electrons. The van der Waals surface area contributed by atoms with Crippen LogP contribution in [0.25, 0.3) is 0 Å². The molecular weight excluding hydrogens is 346 g/mol. The molecule has 3 heterocycles. The lowest BCUT2D eigenvalue weighted by Gasteiger charge is -2.36. The van der Waals surface area contributed by atoms with E-state index in [2.05, 4.69) is 16.3 Å². The standard InChI is InChI=1S/C17H23N3O4.ClH/c21-17(20-5-7-22-8-6-20)14-11-19(4-3-18-14)10-13-1-2-15-16(9-13)24-12-23-15;/h1-2,9,14,18H,3-8,10-12H2;1H. The van der Waals surface area contributed by atoms with Gasteiger partial charge in [0.1, 0.15) is 0 Å². The summed E-state index contributed by atoms with van der Waals surface area (Å²) < 4.78 is 16.1. The first-order chi connectivity index (χ1) is 11.8. The minimum absolute atomic E-state index is 0. The Morgan fingerprint density at radius 3 is 2.80 bits per heavy atom. The predicted molar refractivity (Wildman–Crippen MR) is 94.3 cm³/mol. The number of nitrogens with one attached hydrogen (secondary N) is 1. The van der Waals surface area contributed by atoms with Gasteiger partial charge < -0.3 is 24.4 Å². The molecule has 0 aromatic heterocycles. The van der Waals surface area contributed by atoms with E-state index in [4.69, 9.17) is 14.2 Å². The average molecular weight is 370 g/mol. The number of ether oxygens (including phenoxy) is 3. The van der Waals surface area contributed by atoms with Crippen molar-refractivity contribution in [3.05, 3.63) is 23.8 Å². The largest absolute Gasteiger partial charge is 0.454 e. The van der Waals surface area contributed by atoms with Crippen molar-refractivity contribution < 1.29 is 19.0 Å². The van der Waals surface area contributed by atoms with Crippen LogP contribution in [-0.2, 0) is 16.1 Å². The molecule has 2 saturated heterocycles. The van der Waals surface area contributed by atoms with Crippen molar-refractivity contribution in [2.75, 3.05) is 52.7 Å². The molecule has 25 heavy (non-hydrogen) atoms. The Bertz CT molecular complexity index is 610. The molecule has 0 aliphatic carbocycles. The van der Waals surface area contributed by atoms with E-state index in [9.17, 15) is 4.79 Å². The van der Waals surface area contributed by atoms with Crippen molar-refractivity contribution in [3.63, 3.8) is 0 Å². The fourth-order valence-electron chi connectivity index (χ4n) is 3.42. The van der Waals surface area contributed by atoms with Gasteiger partial charge in [0.05, 0.1) is 19.3 Å². The first kappa shape index (κ1) is 18.3. The number of amides is 1. The van der Waals surface area contributed by atoms with Crippen LogP contribution in [0.3, 0.4) is 0 Å². The van der Waals surface area contributed by atoms with Crippen molar-refractivity contribution in [1.29, 1.82) is 0 Å². The zero-order chi connectivity index (χ0) is 16.4. The van der Waals surface area contributed by atoms with E-state index >= 15 is 0 Å². The van der Waals surface area contributed by atoms with Gasteiger partial charge in [0.15, 0.2) is 11.5 Å². The Morgan fingerprint density at radius 2 is 1.96 bits per heavy atom. The van der Waals surface area contributed by atoms with Crippen molar-refractivity contribution in [2.24, 2.45) is 0 Å². The molecule has 8 heteroatoms. The molecule has 1 aromatic rings. The van der Waals surface area contributed by atoms with E-state index in [-0.39, 0.29) is 24.4 Å². The molecule has 3 aliphatic heterocycles. The number of benzene rings is 1. The molecule has 4 rings (SSSR count). The second-order valence-electron chi connectivity index (χ2n) is 6.37. The van der Waals surface area contributed by atoms with Crippen LogP contribution < -0.4 is 14.8 Å². The van der Waals surface area contributed by atoms with Crippen LogP contribution in [0.4, 0.5) is 0 Å². The van der Waals surface area contributed by atoms with Crippen molar-refractivity contribution in [1.82, 2.24) is 15.1 Å². The molecule has 7 nitrogen and oxygen atoms in total. The fraction of sp³-hybridized carbons (Fsp3) is 0.588. The summed E-state index contributed by atoms with van der Waals surface area (Å²) in [7, 11) is 0. The fourth-order valence-corrected chi connectivity index (χ4v) is 3.42. The van der Waals surface area contributed by atoms with Gasteiger partial charge in [-0.25, -0.2) is 0 Å². The summed E-state index contributed by atoms with van der Waals surface area (Å²) in [6.07, 6.45) is 0. The zero-order valence-electron chi connectivity index (χ0n) is 14.1. The molecule has 1 unspecified atom stereocenters. The van der Waals surface area contributed by atoms with Gasteiger partial charge in [-0.3, -0.25) is 9.69 Å². The average Bonchev–Trinajstić information content (AvgIpc) is 3.10. The molecule has 1 atom stereocenters. The summed E-state index contributed by atoms with van der Waals surface area (Å²) in [5, 5.41) is 3.36. The molecule has 1 amide bonds. The van der Waals surface area contributed by atoms with E-state index in [1.54, 1.807) is 0 Å². The molecule has 3 aliphatic rings. The minimum Gasteiger partial charge on any atom is -0.454 e. The van der Waals surface area contributed by atoms with Gasteiger partial charge >= 0.3 is 0 Å². The van der Waals surface area contributed by atoms with Crippen molar-refractivity contribution in [2.45, 2.75) is 12.6 Å². The van der Waals surface area contributed by atoms with Crippen LogP contribution in [0.15, 0.2) is 18.2 Å². The number of nitrogens with zero attached hydrogens (tertiary/aromatic N) is 2. The smallest absolute Gasteiger partial charge is 0.241 e. The first-order valence-electron chi connectivity index (χ1n) is 8.50. The summed E-state index contributed by atoms with van der Waals surface area (Å²) in [4.78, 5) is 16.9. The molecule has 0 saturated carbocycles. The van der Waals surface area contributed by atoms with Crippen LogP contribution in [0, 0.1) is 0 Å². The maximum Gasteiger partial charge on any atom is 0.241 e. The Hall–Kier alpha value is -1.54. The van der Waals surface area contributed by atoms with Crippen LogP contribution in [0.2, 0.25) is 0 Å². The second kappa shape index (κ2) is 8.23. The number of fused-ring (bicyclic) bond motifs is 1. The Kier molecular flexibility index (Phi) is 6.01. The topological polar surface area (TPSA) is 63.3 Å². The number of halogens is 1. The minimum atomic E-state index is -0.133. The van der Waals surface area contributed by atoms with Crippen LogP contribution >= 0.6 is 12.4 Å². The second-order valence-corrected chi connectivity index (χ2v) is 6.37. The highest BCUT2D eigenvalue weighted by atomic mass is 35.5. The highest BCUT2D eigenvalue weighted by molar-refractivity contribution is 5.85. The third kappa shape index (κ3) is 4.17. The Labute approximate surface area is 153 Å². The third-order valence-electron chi connectivity index (χ3n) is 4.72. The molecule has 138 valence electrons. The van der Waals surface area contributed by atoms with Crippen molar-refractivity contribution in [3.8, 4) is 11.5 Å². The normalized spacial score (nSPS) is 23.2. The van der Waals surface area contributed by atoms with Gasteiger partial charge in [-0.1, -0.05) is 6.07 Å². The van der Waals surface area contributed by atoms with Crippen LogP contribution in [0.5, 0.6) is 11.5 Å². The summed E-state index contributed by atoms with van der Waals surface area (Å²) in [5.74, 6) is 1.80. The first-order valence-corrected chi connectivity index (χ1v) is 8.50. The molecule has 0 spiro atoms. The maximum atomic E-state index is 12.6. The molecule has 0 bridgehead atoms. The van der Waals surface area contributed by atoms with E-state index in [0.717, 1.165) is 37.7 Å². The monoisotopic (exact) mass is 369 g/mol. The van der Waals surface area contributed by atoms with Gasteiger partial charge in [-0.15, -0.1) is 12.4 Å². The number of hydrogen-bond acceptors (Lipinski definition) is 6. The zero-order valence-corrected chi connectivity index (χ0v) is 14.9. The molecular formula is C17H24ClN3O4.